The lowest BCUT2D eigenvalue weighted by atomic mass is 10.0. The Labute approximate surface area is 113 Å². The molecule has 0 aliphatic carbocycles. The van der Waals surface area contributed by atoms with E-state index in [1.807, 2.05) is 12.1 Å². The molecule has 0 radical (unpaired) electrons. The highest BCUT2D eigenvalue weighted by atomic mass is 14.9. The van der Waals surface area contributed by atoms with Crippen molar-refractivity contribution in [3.05, 3.63) is 84.7 Å². The zero-order valence-electron chi connectivity index (χ0n) is 10.8. The Kier molecular flexibility index (Phi) is 3.11. The maximum absolute atomic E-state index is 3.87. The van der Waals surface area contributed by atoms with Crippen molar-refractivity contribution < 1.29 is 4.57 Å². The summed E-state index contributed by atoms with van der Waals surface area (Å²) in [6.07, 6.45) is 3.99. The van der Waals surface area contributed by atoms with E-state index in [-0.39, 0.29) is 0 Å². The Morgan fingerprint density at radius 2 is 1.68 bits per heavy atom. The molecule has 0 fully saturated rings. The summed E-state index contributed by atoms with van der Waals surface area (Å²) in [5.41, 5.74) is 2.47. The van der Waals surface area contributed by atoms with Crippen LogP contribution in [0.1, 0.15) is 11.3 Å². The topological polar surface area (TPSA) is 3.88 Å². The Morgan fingerprint density at radius 1 is 0.895 bits per heavy atom. The molecule has 0 N–H and O–H groups in total. The van der Waals surface area contributed by atoms with E-state index in [9.17, 15) is 0 Å². The zero-order valence-corrected chi connectivity index (χ0v) is 10.8. The molecule has 3 rings (SSSR count). The Bertz CT molecular complexity index is 723. The number of hydrogen-bond donors (Lipinski definition) is 0. The first kappa shape index (κ1) is 11.7. The summed E-state index contributed by atoms with van der Waals surface area (Å²) in [5, 5.41) is 2.60. The normalized spacial score (nSPS) is 10.5. The first-order chi connectivity index (χ1) is 9.38. The van der Waals surface area contributed by atoms with Gasteiger partial charge in [-0.15, -0.1) is 0 Å². The SMILES string of the molecule is C=Cc1cccc[n+]1Cc1cccc2ccccc12. The smallest absolute Gasteiger partial charge is 0.194 e. The lowest BCUT2D eigenvalue weighted by molar-refractivity contribution is -0.689. The van der Waals surface area contributed by atoms with E-state index in [1.165, 1.54) is 16.3 Å². The van der Waals surface area contributed by atoms with Gasteiger partial charge in [-0.05, 0) is 16.8 Å². The van der Waals surface area contributed by atoms with Crippen LogP contribution in [-0.4, -0.2) is 0 Å². The molecule has 0 aliphatic heterocycles. The molecular formula is C18H16N+. The Hall–Kier alpha value is -2.41. The van der Waals surface area contributed by atoms with Crippen molar-refractivity contribution in [3.8, 4) is 0 Å². The third-order valence-electron chi connectivity index (χ3n) is 3.41. The van der Waals surface area contributed by atoms with Gasteiger partial charge < -0.3 is 0 Å². The second kappa shape index (κ2) is 5.07. The van der Waals surface area contributed by atoms with E-state index in [2.05, 4.69) is 71.9 Å². The van der Waals surface area contributed by atoms with Gasteiger partial charge in [0.1, 0.15) is 0 Å². The van der Waals surface area contributed by atoms with Gasteiger partial charge in [0.25, 0.3) is 0 Å². The van der Waals surface area contributed by atoms with Crippen molar-refractivity contribution >= 4 is 16.8 Å². The van der Waals surface area contributed by atoms with Crippen molar-refractivity contribution in [1.82, 2.24) is 0 Å². The van der Waals surface area contributed by atoms with Crippen molar-refractivity contribution in [2.24, 2.45) is 0 Å². The van der Waals surface area contributed by atoms with Gasteiger partial charge >= 0.3 is 0 Å². The van der Waals surface area contributed by atoms with Crippen LogP contribution < -0.4 is 4.57 Å². The highest BCUT2D eigenvalue weighted by Crippen LogP contribution is 2.18. The monoisotopic (exact) mass is 246 g/mol. The fraction of sp³-hybridized carbons (Fsp3) is 0.0556. The molecular weight excluding hydrogens is 230 g/mol. The number of pyridine rings is 1. The molecule has 0 bridgehead atoms. The van der Waals surface area contributed by atoms with E-state index in [0.29, 0.717) is 0 Å². The molecule has 0 amide bonds. The largest absolute Gasteiger partial charge is 0.204 e. The fourth-order valence-corrected chi connectivity index (χ4v) is 2.43. The molecule has 1 nitrogen and oxygen atoms in total. The molecule has 1 heteroatoms. The lowest BCUT2D eigenvalue weighted by Crippen LogP contribution is -2.36. The number of benzene rings is 2. The zero-order chi connectivity index (χ0) is 13.1. The second-order valence-electron chi connectivity index (χ2n) is 4.60. The van der Waals surface area contributed by atoms with Gasteiger partial charge in [-0.25, -0.2) is 0 Å². The maximum atomic E-state index is 3.87. The van der Waals surface area contributed by atoms with E-state index in [4.69, 9.17) is 0 Å². The molecule has 1 heterocycles. The lowest BCUT2D eigenvalue weighted by Gasteiger charge is -2.05. The molecule has 0 unspecified atom stereocenters. The minimum atomic E-state index is 0.865. The molecule has 0 atom stereocenters. The summed E-state index contributed by atoms with van der Waals surface area (Å²) in [6, 6.07) is 21.2. The summed E-state index contributed by atoms with van der Waals surface area (Å²) in [6.45, 7) is 4.74. The molecule has 0 aliphatic rings. The van der Waals surface area contributed by atoms with Crippen LogP contribution in [0.5, 0.6) is 0 Å². The first-order valence-electron chi connectivity index (χ1n) is 6.46. The molecule has 92 valence electrons. The van der Waals surface area contributed by atoms with E-state index in [0.717, 1.165) is 12.2 Å². The van der Waals surface area contributed by atoms with Gasteiger partial charge in [0.2, 0.25) is 5.69 Å². The number of fused-ring (bicyclic) bond motifs is 1. The number of aromatic nitrogens is 1. The minimum absolute atomic E-state index is 0.865. The quantitative estimate of drug-likeness (QED) is 0.619. The average Bonchev–Trinajstić information content (AvgIpc) is 2.48. The van der Waals surface area contributed by atoms with E-state index >= 15 is 0 Å². The maximum Gasteiger partial charge on any atom is 0.204 e. The van der Waals surface area contributed by atoms with Gasteiger partial charge in [-0.3, -0.25) is 0 Å². The summed E-state index contributed by atoms with van der Waals surface area (Å²) >= 11 is 0. The van der Waals surface area contributed by atoms with Crippen molar-refractivity contribution in [3.63, 3.8) is 0 Å². The highest BCUT2D eigenvalue weighted by Gasteiger charge is 2.09. The van der Waals surface area contributed by atoms with Crippen molar-refractivity contribution in [1.29, 1.82) is 0 Å². The van der Waals surface area contributed by atoms with Crippen LogP contribution in [0, 0.1) is 0 Å². The van der Waals surface area contributed by atoms with Gasteiger partial charge in [-0.1, -0.05) is 49.0 Å². The van der Waals surface area contributed by atoms with E-state index < -0.39 is 0 Å². The van der Waals surface area contributed by atoms with Crippen LogP contribution in [0.2, 0.25) is 0 Å². The molecule has 0 spiro atoms. The molecule has 2 aromatic carbocycles. The van der Waals surface area contributed by atoms with Gasteiger partial charge in [0.05, 0.1) is 0 Å². The van der Waals surface area contributed by atoms with E-state index in [1.54, 1.807) is 0 Å². The Morgan fingerprint density at radius 3 is 2.58 bits per heavy atom. The highest BCUT2D eigenvalue weighted by molar-refractivity contribution is 5.85. The predicted molar refractivity (Wildman–Crippen MR) is 79.8 cm³/mol. The summed E-state index contributed by atoms with van der Waals surface area (Å²) < 4.78 is 2.22. The van der Waals surface area contributed by atoms with Crippen LogP contribution in [0.4, 0.5) is 0 Å². The average molecular weight is 246 g/mol. The van der Waals surface area contributed by atoms with Crippen LogP contribution in [0.15, 0.2) is 73.4 Å². The van der Waals surface area contributed by atoms with Crippen molar-refractivity contribution in [2.45, 2.75) is 6.54 Å². The predicted octanol–water partition coefficient (Wildman–Crippen LogP) is 3.82. The third kappa shape index (κ3) is 2.27. The van der Waals surface area contributed by atoms with Crippen LogP contribution in [0.25, 0.3) is 16.8 Å². The minimum Gasteiger partial charge on any atom is -0.194 e. The molecule has 19 heavy (non-hydrogen) atoms. The fourth-order valence-electron chi connectivity index (χ4n) is 2.43. The van der Waals surface area contributed by atoms with Crippen LogP contribution in [0.3, 0.4) is 0 Å². The standard InChI is InChI=1S/C18H16N/c1-2-17-11-5-6-13-19(17)14-16-10-7-9-15-8-3-4-12-18(15)16/h2-13H,1,14H2/q+1. The number of rotatable bonds is 3. The van der Waals surface area contributed by atoms with Crippen LogP contribution in [-0.2, 0) is 6.54 Å². The Balaban J connectivity index is 2.08. The summed E-state index contributed by atoms with van der Waals surface area (Å²) in [7, 11) is 0. The first-order valence-corrected chi connectivity index (χ1v) is 6.46. The summed E-state index contributed by atoms with van der Waals surface area (Å²) in [4.78, 5) is 0. The molecule has 0 saturated carbocycles. The molecule has 1 aromatic heterocycles. The molecule has 3 aromatic rings. The third-order valence-corrected chi connectivity index (χ3v) is 3.41. The van der Waals surface area contributed by atoms with Crippen LogP contribution >= 0.6 is 0 Å². The summed E-state index contributed by atoms with van der Waals surface area (Å²) in [5.74, 6) is 0. The number of hydrogen-bond acceptors (Lipinski definition) is 0. The van der Waals surface area contributed by atoms with Crippen molar-refractivity contribution in [2.75, 3.05) is 0 Å². The van der Waals surface area contributed by atoms with Gasteiger partial charge in [0.15, 0.2) is 12.7 Å². The van der Waals surface area contributed by atoms with Gasteiger partial charge in [0, 0.05) is 23.8 Å². The second-order valence-corrected chi connectivity index (χ2v) is 4.60. The molecule has 0 saturated heterocycles. The number of nitrogens with zero attached hydrogens (tertiary/aromatic N) is 1. The van der Waals surface area contributed by atoms with Gasteiger partial charge in [-0.2, -0.15) is 4.57 Å².